The minimum atomic E-state index is 0.150. The van der Waals surface area contributed by atoms with Crippen molar-refractivity contribution in [2.75, 3.05) is 33.2 Å². The molecule has 1 saturated heterocycles. The number of piperazine rings is 1. The maximum Gasteiger partial charge on any atom is 0.220 e. The van der Waals surface area contributed by atoms with Crippen LogP contribution in [0.25, 0.3) is 0 Å². The lowest BCUT2D eigenvalue weighted by Crippen LogP contribution is -2.48. The summed E-state index contributed by atoms with van der Waals surface area (Å²) < 4.78 is 0. The van der Waals surface area contributed by atoms with Crippen LogP contribution in [0.3, 0.4) is 0 Å². The van der Waals surface area contributed by atoms with Crippen LogP contribution in [0.1, 0.15) is 42.3 Å². The van der Waals surface area contributed by atoms with Crippen LogP contribution in [-0.2, 0) is 17.8 Å². The molecule has 0 radical (unpaired) electrons. The van der Waals surface area contributed by atoms with E-state index in [0.717, 1.165) is 49.7 Å². The van der Waals surface area contributed by atoms with Crippen molar-refractivity contribution in [1.82, 2.24) is 20.1 Å². The van der Waals surface area contributed by atoms with Crippen LogP contribution in [0.15, 0.2) is 0 Å². The topological polar surface area (TPSA) is 48.5 Å². The van der Waals surface area contributed by atoms with Crippen LogP contribution in [0.2, 0.25) is 0 Å². The molecule has 130 valence electrons. The summed E-state index contributed by atoms with van der Waals surface area (Å²) >= 11 is 1.71. The molecule has 1 aliphatic rings. The molecule has 23 heavy (non-hydrogen) atoms. The Morgan fingerprint density at radius 3 is 2.65 bits per heavy atom. The Labute approximate surface area is 144 Å². The van der Waals surface area contributed by atoms with Gasteiger partial charge < -0.3 is 10.2 Å². The molecule has 1 atom stereocenters. The van der Waals surface area contributed by atoms with Gasteiger partial charge in [-0.25, -0.2) is 4.98 Å². The summed E-state index contributed by atoms with van der Waals surface area (Å²) in [6.07, 6.45) is 2.49. The Kier molecular flexibility index (Phi) is 6.99. The largest absolute Gasteiger partial charge is 0.351 e. The van der Waals surface area contributed by atoms with Crippen LogP contribution in [0.5, 0.6) is 0 Å². The van der Waals surface area contributed by atoms with Gasteiger partial charge in [0.05, 0.1) is 17.2 Å². The lowest BCUT2D eigenvalue weighted by Gasteiger charge is -2.36. The Hall–Kier alpha value is -0.980. The fraction of sp³-hybridized carbons (Fsp3) is 0.765. The molecule has 1 fully saturated rings. The van der Waals surface area contributed by atoms with E-state index in [1.165, 1.54) is 4.88 Å². The quantitative estimate of drug-likeness (QED) is 0.827. The number of aryl methyl sites for hydroxylation is 2. The Balaban J connectivity index is 1.69. The monoisotopic (exact) mass is 338 g/mol. The standard InChI is InChI=1S/C17H30N4OS/c1-5-17-19-14(3)15(23-17)12-18-16(22)7-6-13(2)21-10-8-20(4)9-11-21/h13H,5-12H2,1-4H3,(H,18,22). The van der Waals surface area contributed by atoms with Crippen LogP contribution < -0.4 is 5.32 Å². The van der Waals surface area contributed by atoms with Gasteiger partial charge in [0.25, 0.3) is 0 Å². The first-order chi connectivity index (χ1) is 11.0. The van der Waals surface area contributed by atoms with Crippen molar-refractivity contribution in [3.63, 3.8) is 0 Å². The number of carbonyl (C=O) groups is 1. The summed E-state index contributed by atoms with van der Waals surface area (Å²) in [5.41, 5.74) is 1.05. The lowest BCUT2D eigenvalue weighted by molar-refractivity contribution is -0.121. The van der Waals surface area contributed by atoms with Gasteiger partial charge in [-0.1, -0.05) is 6.92 Å². The van der Waals surface area contributed by atoms with Gasteiger partial charge in [0.2, 0.25) is 5.91 Å². The average Bonchev–Trinajstić information content (AvgIpc) is 2.91. The number of nitrogens with zero attached hydrogens (tertiary/aromatic N) is 3. The number of nitrogens with one attached hydrogen (secondary N) is 1. The maximum atomic E-state index is 12.1. The molecular formula is C17H30N4OS. The minimum Gasteiger partial charge on any atom is -0.351 e. The number of rotatable bonds is 7. The lowest BCUT2D eigenvalue weighted by atomic mass is 10.1. The molecule has 1 unspecified atom stereocenters. The third-order valence-corrected chi connectivity index (χ3v) is 5.94. The van der Waals surface area contributed by atoms with Crippen molar-refractivity contribution >= 4 is 17.2 Å². The SMILES string of the molecule is CCc1nc(C)c(CNC(=O)CCC(C)N2CCN(C)CC2)s1. The number of hydrogen-bond acceptors (Lipinski definition) is 5. The van der Waals surface area contributed by atoms with Crippen molar-refractivity contribution in [1.29, 1.82) is 0 Å². The van der Waals surface area contributed by atoms with Crippen LogP contribution in [0.4, 0.5) is 0 Å². The van der Waals surface area contributed by atoms with E-state index in [1.54, 1.807) is 11.3 Å². The highest BCUT2D eigenvalue weighted by molar-refractivity contribution is 7.11. The Morgan fingerprint density at radius 2 is 2.04 bits per heavy atom. The first kappa shape index (κ1) is 18.4. The number of hydrogen-bond donors (Lipinski definition) is 1. The van der Waals surface area contributed by atoms with Crippen molar-refractivity contribution in [2.45, 2.75) is 52.6 Å². The van der Waals surface area contributed by atoms with Crippen molar-refractivity contribution in [3.05, 3.63) is 15.6 Å². The number of aromatic nitrogens is 1. The van der Waals surface area contributed by atoms with E-state index in [-0.39, 0.29) is 5.91 Å². The van der Waals surface area contributed by atoms with E-state index in [1.807, 2.05) is 6.92 Å². The van der Waals surface area contributed by atoms with Gasteiger partial charge in [0.15, 0.2) is 0 Å². The molecule has 0 saturated carbocycles. The molecule has 1 aromatic rings. The summed E-state index contributed by atoms with van der Waals surface area (Å²) in [6.45, 7) is 11.5. The minimum absolute atomic E-state index is 0.150. The molecule has 1 aliphatic heterocycles. The fourth-order valence-electron chi connectivity index (χ4n) is 2.86. The predicted octanol–water partition coefficient (Wildman–Crippen LogP) is 2.05. The zero-order chi connectivity index (χ0) is 16.8. The summed E-state index contributed by atoms with van der Waals surface area (Å²) in [5, 5.41) is 4.20. The molecule has 0 spiro atoms. The molecular weight excluding hydrogens is 308 g/mol. The van der Waals surface area contributed by atoms with E-state index >= 15 is 0 Å². The second-order valence-corrected chi connectivity index (χ2v) is 7.64. The van der Waals surface area contributed by atoms with Gasteiger partial charge in [0, 0.05) is 43.5 Å². The van der Waals surface area contributed by atoms with E-state index in [2.05, 4.69) is 41.0 Å². The number of thiazole rings is 1. The number of carbonyl (C=O) groups excluding carboxylic acids is 1. The maximum absolute atomic E-state index is 12.1. The number of likely N-dealkylation sites (N-methyl/N-ethyl adjacent to an activating group) is 1. The molecule has 0 aromatic carbocycles. The third-order valence-electron chi connectivity index (χ3n) is 4.64. The smallest absolute Gasteiger partial charge is 0.220 e. The summed E-state index contributed by atoms with van der Waals surface area (Å²) in [5.74, 6) is 0.150. The normalized spacial score (nSPS) is 18.1. The fourth-order valence-corrected chi connectivity index (χ4v) is 3.81. The van der Waals surface area contributed by atoms with Crippen molar-refractivity contribution in [2.24, 2.45) is 0 Å². The zero-order valence-corrected chi connectivity index (χ0v) is 15.7. The molecule has 0 bridgehead atoms. The van der Waals surface area contributed by atoms with Gasteiger partial charge in [-0.05, 0) is 33.7 Å². The van der Waals surface area contributed by atoms with Gasteiger partial charge >= 0.3 is 0 Å². The molecule has 2 heterocycles. The zero-order valence-electron chi connectivity index (χ0n) is 14.9. The van der Waals surface area contributed by atoms with Gasteiger partial charge in [-0.15, -0.1) is 11.3 Å². The number of amides is 1. The molecule has 2 rings (SSSR count). The van der Waals surface area contributed by atoms with Crippen LogP contribution in [0, 0.1) is 6.92 Å². The van der Waals surface area contributed by atoms with Crippen molar-refractivity contribution < 1.29 is 4.79 Å². The van der Waals surface area contributed by atoms with E-state index < -0.39 is 0 Å². The molecule has 6 heteroatoms. The van der Waals surface area contributed by atoms with Crippen LogP contribution >= 0.6 is 11.3 Å². The second kappa shape index (κ2) is 8.76. The molecule has 1 N–H and O–H groups in total. The Morgan fingerprint density at radius 1 is 1.35 bits per heavy atom. The van der Waals surface area contributed by atoms with Gasteiger partial charge in [0.1, 0.15) is 0 Å². The first-order valence-electron chi connectivity index (χ1n) is 8.64. The average molecular weight is 339 g/mol. The van der Waals surface area contributed by atoms with E-state index in [4.69, 9.17) is 0 Å². The highest BCUT2D eigenvalue weighted by Gasteiger charge is 2.19. The third kappa shape index (κ3) is 5.55. The molecule has 1 aromatic heterocycles. The van der Waals surface area contributed by atoms with Crippen molar-refractivity contribution in [3.8, 4) is 0 Å². The second-order valence-electron chi connectivity index (χ2n) is 6.47. The summed E-state index contributed by atoms with van der Waals surface area (Å²) in [4.78, 5) is 22.6. The Bertz CT molecular complexity index is 509. The summed E-state index contributed by atoms with van der Waals surface area (Å²) in [6, 6.07) is 0.478. The first-order valence-corrected chi connectivity index (χ1v) is 9.45. The van der Waals surface area contributed by atoms with Gasteiger partial charge in [-0.3, -0.25) is 9.69 Å². The molecule has 1 amide bonds. The van der Waals surface area contributed by atoms with E-state index in [0.29, 0.717) is 19.0 Å². The predicted molar refractivity (Wildman–Crippen MR) is 95.8 cm³/mol. The highest BCUT2D eigenvalue weighted by Crippen LogP contribution is 2.18. The van der Waals surface area contributed by atoms with Gasteiger partial charge in [-0.2, -0.15) is 0 Å². The highest BCUT2D eigenvalue weighted by atomic mass is 32.1. The molecule has 0 aliphatic carbocycles. The molecule has 5 nitrogen and oxygen atoms in total. The summed E-state index contributed by atoms with van der Waals surface area (Å²) in [7, 11) is 2.17. The van der Waals surface area contributed by atoms with E-state index in [9.17, 15) is 4.79 Å². The van der Waals surface area contributed by atoms with Crippen LogP contribution in [-0.4, -0.2) is 60.0 Å².